The van der Waals surface area contributed by atoms with Gasteiger partial charge in [0.15, 0.2) is 0 Å². The fraction of sp³-hybridized carbons (Fsp3) is 0.875. The third-order valence-electron chi connectivity index (χ3n) is 2.04. The minimum absolute atomic E-state index is 0.235. The zero-order valence-corrected chi connectivity index (χ0v) is 7.63. The number of likely N-dealkylation sites (tertiary alicyclic amines) is 1. The predicted molar refractivity (Wildman–Crippen MR) is 42.4 cm³/mol. The number of hydrogen-bond donors (Lipinski definition) is 1. The molecule has 5 heteroatoms. The SMILES string of the molecule is CC(C)[C@H](O)C(=O)N1CC(F)(F)C1. The lowest BCUT2D eigenvalue weighted by atomic mass is 10.0. The standard InChI is InChI=1S/C8H13F2NO2/c1-5(2)6(12)7(13)11-3-8(9,10)4-11/h5-6,12H,3-4H2,1-2H3/t6-/m0/s1. The van der Waals surface area contributed by atoms with Crippen molar-refractivity contribution in [3.8, 4) is 0 Å². The summed E-state index contributed by atoms with van der Waals surface area (Å²) in [6.07, 6.45) is -1.16. The molecule has 1 aliphatic heterocycles. The van der Waals surface area contributed by atoms with Crippen LogP contribution in [0.5, 0.6) is 0 Å². The van der Waals surface area contributed by atoms with Gasteiger partial charge in [0.2, 0.25) is 0 Å². The van der Waals surface area contributed by atoms with E-state index in [9.17, 15) is 18.7 Å². The van der Waals surface area contributed by atoms with Crippen molar-refractivity contribution in [3.63, 3.8) is 0 Å². The van der Waals surface area contributed by atoms with Crippen LogP contribution in [0.1, 0.15) is 13.8 Å². The molecular formula is C8H13F2NO2. The van der Waals surface area contributed by atoms with Gasteiger partial charge < -0.3 is 10.0 Å². The van der Waals surface area contributed by atoms with Crippen molar-refractivity contribution in [2.24, 2.45) is 5.92 Å². The van der Waals surface area contributed by atoms with E-state index in [2.05, 4.69) is 0 Å². The Bertz CT molecular complexity index is 210. The molecule has 1 rings (SSSR count). The van der Waals surface area contributed by atoms with Crippen LogP contribution in [0.25, 0.3) is 0 Å². The molecule has 1 aliphatic rings. The normalized spacial score (nSPS) is 22.8. The summed E-state index contributed by atoms with van der Waals surface area (Å²) in [5.41, 5.74) is 0. The fourth-order valence-electron chi connectivity index (χ4n) is 1.14. The van der Waals surface area contributed by atoms with Gasteiger partial charge in [0.1, 0.15) is 6.10 Å². The first-order chi connectivity index (χ1) is 5.83. The predicted octanol–water partition coefficient (Wildman–Crippen LogP) is 0.481. The largest absolute Gasteiger partial charge is 0.383 e. The van der Waals surface area contributed by atoms with Gasteiger partial charge in [-0.25, -0.2) is 8.78 Å². The number of hydrogen-bond acceptors (Lipinski definition) is 2. The summed E-state index contributed by atoms with van der Waals surface area (Å²) < 4.78 is 24.7. The molecule has 1 N–H and O–H groups in total. The molecule has 0 spiro atoms. The molecule has 0 aliphatic carbocycles. The van der Waals surface area contributed by atoms with Gasteiger partial charge in [0.05, 0.1) is 13.1 Å². The number of aliphatic hydroxyl groups excluding tert-OH is 1. The highest BCUT2D eigenvalue weighted by atomic mass is 19.3. The number of halogens is 2. The molecule has 0 aromatic heterocycles. The Kier molecular flexibility index (Phi) is 2.56. The van der Waals surface area contributed by atoms with Crippen LogP contribution in [0.2, 0.25) is 0 Å². The molecule has 0 aromatic rings. The van der Waals surface area contributed by atoms with Crippen molar-refractivity contribution in [1.29, 1.82) is 0 Å². The van der Waals surface area contributed by atoms with E-state index in [4.69, 9.17) is 0 Å². The zero-order valence-electron chi connectivity index (χ0n) is 7.63. The Morgan fingerprint density at radius 3 is 2.23 bits per heavy atom. The molecule has 1 fully saturated rings. The number of amides is 1. The Morgan fingerprint density at radius 1 is 1.46 bits per heavy atom. The number of carbonyl (C=O) groups is 1. The summed E-state index contributed by atoms with van der Waals surface area (Å²) in [6.45, 7) is 2.21. The maximum absolute atomic E-state index is 12.3. The smallest absolute Gasteiger partial charge is 0.282 e. The molecule has 0 bridgehead atoms. The van der Waals surface area contributed by atoms with Crippen molar-refractivity contribution in [1.82, 2.24) is 4.90 Å². The number of nitrogens with zero attached hydrogens (tertiary/aromatic N) is 1. The maximum atomic E-state index is 12.3. The number of aliphatic hydroxyl groups is 1. The maximum Gasteiger partial charge on any atom is 0.282 e. The lowest BCUT2D eigenvalue weighted by molar-refractivity contribution is -0.175. The molecular weight excluding hydrogens is 180 g/mol. The van der Waals surface area contributed by atoms with Gasteiger partial charge in [0.25, 0.3) is 11.8 Å². The van der Waals surface area contributed by atoms with Crippen LogP contribution in [0.4, 0.5) is 8.78 Å². The summed E-state index contributed by atoms with van der Waals surface area (Å²) in [7, 11) is 0. The van der Waals surface area contributed by atoms with E-state index >= 15 is 0 Å². The average Bonchev–Trinajstić information content (AvgIpc) is 1.97. The second kappa shape index (κ2) is 3.21. The number of rotatable bonds is 2. The van der Waals surface area contributed by atoms with Gasteiger partial charge in [-0.3, -0.25) is 4.79 Å². The molecule has 1 saturated heterocycles. The van der Waals surface area contributed by atoms with Gasteiger partial charge in [-0.2, -0.15) is 0 Å². The lowest BCUT2D eigenvalue weighted by Gasteiger charge is -2.40. The Morgan fingerprint density at radius 2 is 1.92 bits per heavy atom. The van der Waals surface area contributed by atoms with E-state index in [0.717, 1.165) is 4.90 Å². The Balaban J connectivity index is 2.43. The van der Waals surface area contributed by atoms with Gasteiger partial charge in [-0.1, -0.05) is 13.8 Å². The molecule has 1 atom stereocenters. The van der Waals surface area contributed by atoms with Crippen molar-refractivity contribution in [2.45, 2.75) is 25.9 Å². The van der Waals surface area contributed by atoms with E-state index in [1.807, 2.05) is 0 Å². The summed E-state index contributed by atoms with van der Waals surface area (Å²) in [5, 5.41) is 9.26. The minimum atomic E-state index is -2.76. The quantitative estimate of drug-likeness (QED) is 0.693. The second-order valence-corrected chi connectivity index (χ2v) is 3.74. The first-order valence-electron chi connectivity index (χ1n) is 4.18. The number of carbonyl (C=O) groups excluding carboxylic acids is 1. The summed E-state index contributed by atoms with van der Waals surface area (Å²) in [4.78, 5) is 12.2. The van der Waals surface area contributed by atoms with Gasteiger partial charge in [-0.15, -0.1) is 0 Å². The molecule has 0 aromatic carbocycles. The van der Waals surface area contributed by atoms with Crippen molar-refractivity contribution in [3.05, 3.63) is 0 Å². The van der Waals surface area contributed by atoms with Crippen LogP contribution in [0.15, 0.2) is 0 Å². The molecule has 1 heterocycles. The highest BCUT2D eigenvalue weighted by molar-refractivity contribution is 5.81. The average molecular weight is 193 g/mol. The van der Waals surface area contributed by atoms with Crippen LogP contribution in [-0.4, -0.2) is 41.0 Å². The van der Waals surface area contributed by atoms with E-state index in [1.54, 1.807) is 13.8 Å². The van der Waals surface area contributed by atoms with Gasteiger partial charge >= 0.3 is 0 Å². The first-order valence-corrected chi connectivity index (χ1v) is 4.18. The van der Waals surface area contributed by atoms with Crippen LogP contribution in [0, 0.1) is 5.92 Å². The van der Waals surface area contributed by atoms with E-state index in [-0.39, 0.29) is 5.92 Å². The number of alkyl halides is 2. The molecule has 13 heavy (non-hydrogen) atoms. The van der Waals surface area contributed by atoms with Crippen LogP contribution >= 0.6 is 0 Å². The fourth-order valence-corrected chi connectivity index (χ4v) is 1.14. The lowest BCUT2D eigenvalue weighted by Crippen LogP contribution is -2.61. The second-order valence-electron chi connectivity index (χ2n) is 3.74. The third kappa shape index (κ3) is 2.15. The molecule has 1 amide bonds. The first kappa shape index (κ1) is 10.4. The zero-order chi connectivity index (χ0) is 10.2. The van der Waals surface area contributed by atoms with E-state index < -0.39 is 31.0 Å². The van der Waals surface area contributed by atoms with Crippen molar-refractivity contribution in [2.75, 3.05) is 13.1 Å². The summed E-state index contributed by atoms with van der Waals surface area (Å²) in [5.74, 6) is -3.59. The summed E-state index contributed by atoms with van der Waals surface area (Å²) >= 11 is 0. The van der Waals surface area contributed by atoms with E-state index in [0.29, 0.717) is 0 Å². The minimum Gasteiger partial charge on any atom is -0.383 e. The van der Waals surface area contributed by atoms with E-state index in [1.165, 1.54) is 0 Å². The van der Waals surface area contributed by atoms with Crippen molar-refractivity contribution < 1.29 is 18.7 Å². The van der Waals surface area contributed by atoms with Crippen LogP contribution < -0.4 is 0 Å². The monoisotopic (exact) mass is 193 g/mol. The third-order valence-corrected chi connectivity index (χ3v) is 2.04. The summed E-state index contributed by atoms with van der Waals surface area (Å²) in [6, 6.07) is 0. The van der Waals surface area contributed by atoms with Crippen LogP contribution in [0.3, 0.4) is 0 Å². The topological polar surface area (TPSA) is 40.5 Å². The Labute approximate surface area is 75.3 Å². The van der Waals surface area contributed by atoms with Gasteiger partial charge in [-0.05, 0) is 5.92 Å². The highest BCUT2D eigenvalue weighted by Gasteiger charge is 2.47. The Hall–Kier alpha value is -0.710. The highest BCUT2D eigenvalue weighted by Crippen LogP contribution is 2.27. The molecule has 0 radical (unpaired) electrons. The van der Waals surface area contributed by atoms with Gasteiger partial charge in [0, 0.05) is 0 Å². The molecule has 0 unspecified atom stereocenters. The molecule has 0 saturated carbocycles. The van der Waals surface area contributed by atoms with Crippen LogP contribution in [-0.2, 0) is 4.79 Å². The molecule has 76 valence electrons. The van der Waals surface area contributed by atoms with Crippen molar-refractivity contribution >= 4 is 5.91 Å². The molecule has 3 nitrogen and oxygen atoms in total.